The molecule has 1 amide bonds. The number of carbonyl (C=O) groups excluding carboxylic acids is 1. The minimum Gasteiger partial charge on any atom is -0.494 e. The minimum atomic E-state index is 0.0275. The first kappa shape index (κ1) is 12.6. The summed E-state index contributed by atoms with van der Waals surface area (Å²) in [5.41, 5.74) is 1.00. The van der Waals surface area contributed by atoms with Gasteiger partial charge in [-0.3, -0.25) is 4.79 Å². The van der Waals surface area contributed by atoms with Crippen LogP contribution in [-0.4, -0.2) is 19.6 Å². The van der Waals surface area contributed by atoms with Crippen molar-refractivity contribution in [3.8, 4) is 5.75 Å². The van der Waals surface area contributed by atoms with Gasteiger partial charge in [0.15, 0.2) is 0 Å². The molecule has 0 aliphatic carbocycles. The lowest BCUT2D eigenvalue weighted by Crippen LogP contribution is -2.19. The number of unbranched alkanes of at least 4 members (excludes halogenated alkanes) is 1. The van der Waals surface area contributed by atoms with Gasteiger partial charge in [0.25, 0.3) is 0 Å². The first-order valence-corrected chi connectivity index (χ1v) is 5.68. The lowest BCUT2D eigenvalue weighted by atomic mass is 10.1. The average molecular weight is 221 g/mol. The standard InChI is InChI=1S/C13H19NO2/c1-3-4-9-16-12-7-5-11(6-8-12)10-13(15)14-2/h5-8H,3-4,9-10H2,1-2H3,(H,14,15). The Morgan fingerprint density at radius 3 is 2.56 bits per heavy atom. The van der Waals surface area contributed by atoms with Gasteiger partial charge in [-0.2, -0.15) is 0 Å². The molecular weight excluding hydrogens is 202 g/mol. The highest BCUT2D eigenvalue weighted by atomic mass is 16.5. The third-order valence-corrected chi connectivity index (χ3v) is 2.33. The predicted molar refractivity (Wildman–Crippen MR) is 64.6 cm³/mol. The third-order valence-electron chi connectivity index (χ3n) is 2.33. The number of carbonyl (C=O) groups is 1. The molecule has 0 fully saturated rings. The smallest absolute Gasteiger partial charge is 0.224 e. The van der Waals surface area contributed by atoms with E-state index in [0.29, 0.717) is 6.42 Å². The summed E-state index contributed by atoms with van der Waals surface area (Å²) >= 11 is 0. The van der Waals surface area contributed by atoms with Crippen LogP contribution in [0.25, 0.3) is 0 Å². The lowest BCUT2D eigenvalue weighted by molar-refractivity contribution is -0.119. The minimum absolute atomic E-state index is 0.0275. The highest BCUT2D eigenvalue weighted by Crippen LogP contribution is 2.13. The Morgan fingerprint density at radius 2 is 2.00 bits per heavy atom. The molecule has 1 N–H and O–H groups in total. The Hall–Kier alpha value is -1.51. The third kappa shape index (κ3) is 4.34. The van der Waals surface area contributed by atoms with Crippen LogP contribution in [0.5, 0.6) is 5.75 Å². The molecule has 1 aromatic carbocycles. The Labute approximate surface area is 96.8 Å². The van der Waals surface area contributed by atoms with Crippen LogP contribution in [0.1, 0.15) is 25.3 Å². The van der Waals surface area contributed by atoms with Crippen molar-refractivity contribution in [2.75, 3.05) is 13.7 Å². The monoisotopic (exact) mass is 221 g/mol. The van der Waals surface area contributed by atoms with Gasteiger partial charge >= 0.3 is 0 Å². The molecule has 0 bridgehead atoms. The van der Waals surface area contributed by atoms with Crippen LogP contribution in [0, 0.1) is 0 Å². The van der Waals surface area contributed by atoms with Gasteiger partial charge < -0.3 is 10.1 Å². The van der Waals surface area contributed by atoms with Crippen molar-refractivity contribution in [2.45, 2.75) is 26.2 Å². The first-order chi connectivity index (χ1) is 7.76. The van der Waals surface area contributed by atoms with Gasteiger partial charge in [0, 0.05) is 7.05 Å². The van der Waals surface area contributed by atoms with Gasteiger partial charge in [0.2, 0.25) is 5.91 Å². The summed E-state index contributed by atoms with van der Waals surface area (Å²) in [6.45, 7) is 2.89. The second-order valence-corrected chi connectivity index (χ2v) is 3.70. The van der Waals surface area contributed by atoms with Crippen molar-refractivity contribution in [1.82, 2.24) is 5.32 Å². The molecule has 88 valence electrons. The molecule has 3 heteroatoms. The maximum absolute atomic E-state index is 11.1. The molecule has 0 unspecified atom stereocenters. The molecule has 1 rings (SSSR count). The summed E-state index contributed by atoms with van der Waals surface area (Å²) < 4.78 is 5.53. The second-order valence-electron chi connectivity index (χ2n) is 3.70. The Bertz CT molecular complexity index is 319. The first-order valence-electron chi connectivity index (χ1n) is 5.68. The van der Waals surface area contributed by atoms with E-state index in [1.54, 1.807) is 7.05 Å². The van der Waals surface area contributed by atoms with Gasteiger partial charge in [-0.25, -0.2) is 0 Å². The highest BCUT2D eigenvalue weighted by molar-refractivity contribution is 5.78. The highest BCUT2D eigenvalue weighted by Gasteiger charge is 2.00. The van der Waals surface area contributed by atoms with Crippen LogP contribution >= 0.6 is 0 Å². The van der Waals surface area contributed by atoms with Crippen molar-refractivity contribution in [2.24, 2.45) is 0 Å². The van der Waals surface area contributed by atoms with E-state index in [9.17, 15) is 4.79 Å². The van der Waals surface area contributed by atoms with Gasteiger partial charge in [0.05, 0.1) is 13.0 Å². The van der Waals surface area contributed by atoms with Crippen molar-refractivity contribution < 1.29 is 9.53 Å². The number of benzene rings is 1. The number of nitrogens with one attached hydrogen (secondary N) is 1. The van der Waals surface area contributed by atoms with Crippen LogP contribution < -0.4 is 10.1 Å². The fourth-order valence-corrected chi connectivity index (χ4v) is 1.31. The van der Waals surface area contributed by atoms with Crippen molar-refractivity contribution in [1.29, 1.82) is 0 Å². The summed E-state index contributed by atoms with van der Waals surface area (Å²) in [5.74, 6) is 0.897. The second kappa shape index (κ2) is 6.88. The van der Waals surface area contributed by atoms with E-state index in [0.717, 1.165) is 30.8 Å². The number of likely N-dealkylation sites (N-methyl/N-ethyl adjacent to an activating group) is 1. The molecule has 0 radical (unpaired) electrons. The lowest BCUT2D eigenvalue weighted by Gasteiger charge is -2.06. The molecule has 1 aromatic rings. The van der Waals surface area contributed by atoms with Gasteiger partial charge in [-0.15, -0.1) is 0 Å². The molecule has 0 heterocycles. The molecule has 0 spiro atoms. The number of rotatable bonds is 6. The molecule has 0 aliphatic rings. The van der Waals surface area contributed by atoms with Crippen LogP contribution in [0.4, 0.5) is 0 Å². The van der Waals surface area contributed by atoms with E-state index in [2.05, 4.69) is 12.2 Å². The molecule has 0 saturated heterocycles. The Balaban J connectivity index is 2.44. The van der Waals surface area contributed by atoms with Crippen molar-refractivity contribution in [3.05, 3.63) is 29.8 Å². The zero-order valence-corrected chi connectivity index (χ0v) is 9.95. The van der Waals surface area contributed by atoms with E-state index in [-0.39, 0.29) is 5.91 Å². The largest absolute Gasteiger partial charge is 0.494 e. The SMILES string of the molecule is CCCCOc1ccc(CC(=O)NC)cc1. The van der Waals surface area contributed by atoms with E-state index in [1.807, 2.05) is 24.3 Å². The van der Waals surface area contributed by atoms with Crippen LogP contribution in [0.15, 0.2) is 24.3 Å². The Kier molecular flexibility index (Phi) is 5.40. The summed E-state index contributed by atoms with van der Waals surface area (Å²) in [6, 6.07) is 7.68. The molecule has 16 heavy (non-hydrogen) atoms. The van der Waals surface area contributed by atoms with Crippen LogP contribution in [0.3, 0.4) is 0 Å². The summed E-state index contributed by atoms with van der Waals surface area (Å²) in [4.78, 5) is 11.1. The Morgan fingerprint density at radius 1 is 1.31 bits per heavy atom. The van der Waals surface area contributed by atoms with Crippen molar-refractivity contribution >= 4 is 5.91 Å². The van der Waals surface area contributed by atoms with E-state index >= 15 is 0 Å². The normalized spacial score (nSPS) is 9.88. The maximum Gasteiger partial charge on any atom is 0.224 e. The molecule has 3 nitrogen and oxygen atoms in total. The van der Waals surface area contributed by atoms with Crippen molar-refractivity contribution in [3.63, 3.8) is 0 Å². The van der Waals surface area contributed by atoms with Gasteiger partial charge in [0.1, 0.15) is 5.75 Å². The van der Waals surface area contributed by atoms with Gasteiger partial charge in [-0.1, -0.05) is 25.5 Å². The molecule has 0 aromatic heterocycles. The molecular formula is C13H19NO2. The quantitative estimate of drug-likeness (QED) is 0.747. The maximum atomic E-state index is 11.1. The van der Waals surface area contributed by atoms with Crippen LogP contribution in [0.2, 0.25) is 0 Å². The molecule has 0 saturated carbocycles. The van der Waals surface area contributed by atoms with E-state index < -0.39 is 0 Å². The van der Waals surface area contributed by atoms with Gasteiger partial charge in [-0.05, 0) is 24.1 Å². The fraction of sp³-hybridized carbons (Fsp3) is 0.462. The fourth-order valence-electron chi connectivity index (χ4n) is 1.31. The molecule has 0 aliphatic heterocycles. The predicted octanol–water partition coefficient (Wildman–Crippen LogP) is 2.15. The van der Waals surface area contributed by atoms with Crippen LogP contribution in [-0.2, 0) is 11.2 Å². The van der Waals surface area contributed by atoms with E-state index in [1.165, 1.54) is 0 Å². The zero-order chi connectivity index (χ0) is 11.8. The average Bonchev–Trinajstić information content (AvgIpc) is 2.31. The molecule has 0 atom stereocenters. The number of ether oxygens (including phenoxy) is 1. The summed E-state index contributed by atoms with van der Waals surface area (Å²) in [5, 5.41) is 2.60. The topological polar surface area (TPSA) is 38.3 Å². The number of hydrogen-bond acceptors (Lipinski definition) is 2. The summed E-state index contributed by atoms with van der Waals surface area (Å²) in [6.07, 6.45) is 2.63. The summed E-state index contributed by atoms with van der Waals surface area (Å²) in [7, 11) is 1.64. The van der Waals surface area contributed by atoms with E-state index in [4.69, 9.17) is 4.74 Å². The number of amides is 1. The zero-order valence-electron chi connectivity index (χ0n) is 9.95. The number of hydrogen-bond donors (Lipinski definition) is 1.